The molecule has 1 aliphatic rings. The predicted octanol–water partition coefficient (Wildman–Crippen LogP) is 2.95. The lowest BCUT2D eigenvalue weighted by Gasteiger charge is -2.34. The number of nitrogens with zero attached hydrogens (tertiary/aromatic N) is 2. The minimum absolute atomic E-state index is 0.109. The Morgan fingerprint density at radius 2 is 1.89 bits per heavy atom. The number of benzene rings is 2. The topological polar surface area (TPSA) is 81.9 Å². The molecular weight excluding hydrogens is 368 g/mol. The van der Waals surface area contributed by atoms with Gasteiger partial charge in [0.2, 0.25) is 0 Å². The van der Waals surface area contributed by atoms with E-state index in [-0.39, 0.29) is 22.4 Å². The first-order valence-electron chi connectivity index (χ1n) is 8.53. The van der Waals surface area contributed by atoms with Gasteiger partial charge in [0.25, 0.3) is 5.69 Å². The van der Waals surface area contributed by atoms with Crippen LogP contribution < -0.4 is 9.47 Å². The van der Waals surface area contributed by atoms with Crippen LogP contribution in [0.2, 0.25) is 0 Å². The fourth-order valence-corrected chi connectivity index (χ4v) is 4.91. The molecule has 0 spiro atoms. The number of nitro groups is 1. The molecule has 0 saturated heterocycles. The summed E-state index contributed by atoms with van der Waals surface area (Å²) >= 11 is 0. The average Bonchev–Trinajstić information content (AvgIpc) is 2.68. The molecule has 0 aliphatic carbocycles. The number of fused-ring (bicyclic) bond motifs is 1. The number of para-hydroxylation sites is 1. The Balaban J connectivity index is 1.96. The SMILES string of the molecule is COc1cc2c(cc1OC)[C@@H](C[S@@](=O)c1ccccc1[N+](=O)[O-])N(C)CC2. The third kappa shape index (κ3) is 3.81. The second kappa shape index (κ2) is 8.06. The molecule has 2 atom stereocenters. The van der Waals surface area contributed by atoms with Crippen molar-refractivity contribution in [3.05, 3.63) is 57.6 Å². The lowest BCUT2D eigenvalue weighted by molar-refractivity contribution is -0.387. The van der Waals surface area contributed by atoms with Gasteiger partial charge in [-0.2, -0.15) is 0 Å². The molecule has 7 nitrogen and oxygen atoms in total. The van der Waals surface area contributed by atoms with Gasteiger partial charge in [-0.1, -0.05) is 12.1 Å². The molecule has 1 aliphatic heterocycles. The van der Waals surface area contributed by atoms with Gasteiger partial charge in [-0.15, -0.1) is 0 Å². The van der Waals surface area contributed by atoms with Gasteiger partial charge in [0.05, 0.1) is 29.9 Å². The van der Waals surface area contributed by atoms with Crippen LogP contribution in [-0.2, 0) is 17.2 Å². The van der Waals surface area contributed by atoms with Gasteiger partial charge in [-0.05, 0) is 42.8 Å². The van der Waals surface area contributed by atoms with Gasteiger partial charge < -0.3 is 9.47 Å². The molecule has 0 saturated carbocycles. The third-order valence-electron chi connectivity index (χ3n) is 4.89. The fourth-order valence-electron chi connectivity index (χ4n) is 3.40. The Morgan fingerprint density at radius 3 is 2.56 bits per heavy atom. The molecule has 8 heteroatoms. The quantitative estimate of drug-likeness (QED) is 0.557. The molecular formula is C19H22N2O5S. The van der Waals surface area contributed by atoms with Crippen LogP contribution in [0, 0.1) is 10.1 Å². The van der Waals surface area contributed by atoms with Crippen LogP contribution in [0.15, 0.2) is 41.3 Å². The Labute approximate surface area is 160 Å². The van der Waals surface area contributed by atoms with Crippen LogP contribution in [-0.4, -0.2) is 47.6 Å². The minimum Gasteiger partial charge on any atom is -0.493 e. The first-order chi connectivity index (χ1) is 13.0. The van der Waals surface area contributed by atoms with E-state index in [2.05, 4.69) is 4.90 Å². The summed E-state index contributed by atoms with van der Waals surface area (Å²) in [6.07, 6.45) is 0.848. The molecule has 27 heavy (non-hydrogen) atoms. The highest BCUT2D eigenvalue weighted by molar-refractivity contribution is 7.85. The third-order valence-corrected chi connectivity index (χ3v) is 6.34. The first kappa shape index (κ1) is 19.3. The van der Waals surface area contributed by atoms with Gasteiger partial charge in [-0.3, -0.25) is 19.2 Å². The van der Waals surface area contributed by atoms with Crippen LogP contribution in [0.4, 0.5) is 5.69 Å². The van der Waals surface area contributed by atoms with Crippen LogP contribution >= 0.6 is 0 Å². The van der Waals surface area contributed by atoms with E-state index >= 15 is 0 Å². The Bertz CT molecular complexity index is 886. The highest BCUT2D eigenvalue weighted by Crippen LogP contribution is 2.38. The highest BCUT2D eigenvalue weighted by atomic mass is 32.2. The summed E-state index contributed by atoms with van der Waals surface area (Å²) in [5.74, 6) is 1.55. The van der Waals surface area contributed by atoms with Gasteiger partial charge >= 0.3 is 0 Å². The van der Waals surface area contributed by atoms with Crippen molar-refractivity contribution in [2.45, 2.75) is 17.4 Å². The molecule has 2 aromatic rings. The summed E-state index contributed by atoms with van der Waals surface area (Å²) in [6.45, 7) is 0.807. The van der Waals surface area contributed by atoms with Crippen molar-refractivity contribution in [3.8, 4) is 11.5 Å². The van der Waals surface area contributed by atoms with E-state index in [9.17, 15) is 14.3 Å². The van der Waals surface area contributed by atoms with E-state index in [1.807, 2.05) is 19.2 Å². The van der Waals surface area contributed by atoms with Crippen molar-refractivity contribution in [2.24, 2.45) is 0 Å². The summed E-state index contributed by atoms with van der Waals surface area (Å²) < 4.78 is 23.8. The van der Waals surface area contributed by atoms with Crippen molar-refractivity contribution < 1.29 is 18.6 Å². The molecule has 0 unspecified atom stereocenters. The molecule has 0 N–H and O–H groups in total. The van der Waals surface area contributed by atoms with Gasteiger partial charge in [-0.25, -0.2) is 0 Å². The van der Waals surface area contributed by atoms with Crippen molar-refractivity contribution in [2.75, 3.05) is 33.6 Å². The smallest absolute Gasteiger partial charge is 0.285 e. The highest BCUT2D eigenvalue weighted by Gasteiger charge is 2.30. The molecule has 0 fully saturated rings. The number of methoxy groups -OCH3 is 2. The zero-order valence-electron chi connectivity index (χ0n) is 15.5. The Hall–Kier alpha value is -2.45. The normalized spacial score (nSPS) is 17.8. The Morgan fingerprint density at radius 1 is 1.22 bits per heavy atom. The summed E-state index contributed by atoms with van der Waals surface area (Å²) in [7, 11) is 3.64. The van der Waals surface area contributed by atoms with Crippen LogP contribution in [0.1, 0.15) is 17.2 Å². The van der Waals surface area contributed by atoms with E-state index in [1.165, 1.54) is 6.07 Å². The molecule has 144 valence electrons. The molecule has 0 bridgehead atoms. The fraction of sp³-hybridized carbons (Fsp3) is 0.368. The molecule has 2 aromatic carbocycles. The average molecular weight is 390 g/mol. The molecule has 0 radical (unpaired) electrons. The van der Waals surface area contributed by atoms with Crippen molar-refractivity contribution in [1.82, 2.24) is 4.90 Å². The number of ether oxygens (including phenoxy) is 2. The summed E-state index contributed by atoms with van der Waals surface area (Å²) in [5.41, 5.74) is 2.03. The molecule has 3 rings (SSSR count). The molecule has 0 aromatic heterocycles. The standard InChI is InChI=1S/C19H22N2O5S/c1-20-9-8-13-10-17(25-2)18(26-3)11-14(13)16(20)12-27(24)19-7-5-4-6-15(19)21(22)23/h4-7,10-11,16H,8-9,12H2,1-3H3/t16-,27-/m1/s1. The minimum atomic E-state index is -1.51. The number of nitro benzene ring substituents is 1. The second-order valence-corrected chi connectivity index (χ2v) is 7.85. The maximum atomic E-state index is 13.0. The maximum absolute atomic E-state index is 13.0. The number of likely N-dealkylation sites (N-methyl/N-ethyl adjacent to an activating group) is 1. The van der Waals surface area contributed by atoms with E-state index in [0.717, 1.165) is 24.1 Å². The predicted molar refractivity (Wildman–Crippen MR) is 103 cm³/mol. The maximum Gasteiger partial charge on any atom is 0.285 e. The van der Waals surface area contributed by atoms with Gasteiger partial charge in [0.1, 0.15) is 4.90 Å². The monoisotopic (exact) mass is 390 g/mol. The Kier molecular flexibility index (Phi) is 5.76. The zero-order valence-corrected chi connectivity index (χ0v) is 16.3. The van der Waals surface area contributed by atoms with E-state index in [1.54, 1.807) is 32.4 Å². The lowest BCUT2D eigenvalue weighted by Crippen LogP contribution is -2.35. The molecule has 1 heterocycles. The second-order valence-electron chi connectivity index (χ2n) is 6.39. The van der Waals surface area contributed by atoms with Crippen LogP contribution in [0.25, 0.3) is 0 Å². The van der Waals surface area contributed by atoms with Crippen molar-refractivity contribution in [1.29, 1.82) is 0 Å². The summed E-state index contributed by atoms with van der Waals surface area (Å²) in [6, 6.07) is 9.96. The number of hydrogen-bond acceptors (Lipinski definition) is 6. The van der Waals surface area contributed by atoms with Crippen LogP contribution in [0.3, 0.4) is 0 Å². The van der Waals surface area contributed by atoms with Crippen LogP contribution in [0.5, 0.6) is 11.5 Å². The number of hydrogen-bond donors (Lipinski definition) is 0. The molecule has 0 amide bonds. The first-order valence-corrected chi connectivity index (χ1v) is 9.85. The largest absolute Gasteiger partial charge is 0.493 e. The van der Waals surface area contributed by atoms with E-state index < -0.39 is 15.7 Å². The van der Waals surface area contributed by atoms with E-state index in [0.29, 0.717) is 11.5 Å². The van der Waals surface area contributed by atoms with Crippen molar-refractivity contribution >= 4 is 16.5 Å². The van der Waals surface area contributed by atoms with E-state index in [4.69, 9.17) is 9.47 Å². The van der Waals surface area contributed by atoms with Gasteiger partial charge in [0.15, 0.2) is 11.5 Å². The van der Waals surface area contributed by atoms with Crippen molar-refractivity contribution in [3.63, 3.8) is 0 Å². The number of rotatable bonds is 6. The summed E-state index contributed by atoms with van der Waals surface area (Å²) in [4.78, 5) is 13.2. The van der Waals surface area contributed by atoms with Gasteiger partial charge in [0, 0.05) is 24.4 Å². The zero-order chi connectivity index (χ0) is 19.6. The lowest BCUT2D eigenvalue weighted by atomic mass is 9.93. The summed E-state index contributed by atoms with van der Waals surface area (Å²) in [5, 5.41) is 11.3.